The van der Waals surface area contributed by atoms with Crippen LogP contribution in [0.15, 0.2) is 35.7 Å². The molecule has 3 rings (SSSR count). The van der Waals surface area contributed by atoms with E-state index < -0.39 is 22.7 Å². The average molecular weight is 410 g/mol. The van der Waals surface area contributed by atoms with Gasteiger partial charge in [-0.1, -0.05) is 11.8 Å². The van der Waals surface area contributed by atoms with E-state index in [4.69, 9.17) is 4.74 Å². The second-order valence-corrected chi connectivity index (χ2v) is 6.60. The van der Waals surface area contributed by atoms with Crippen molar-refractivity contribution in [2.75, 3.05) is 0 Å². The molecule has 0 amide bonds. The SMILES string of the molecule is CCn1c(SCn2cc([N+](=O)[O-])cn2)nnc1C(C)Oc1ccc(F)cc1F. The fraction of sp³-hybridized carbons (Fsp3) is 0.312. The van der Waals surface area contributed by atoms with Gasteiger partial charge in [0, 0.05) is 12.6 Å². The van der Waals surface area contributed by atoms with Gasteiger partial charge in [0.1, 0.15) is 18.2 Å². The molecule has 0 aliphatic heterocycles. The number of nitro groups is 1. The molecule has 0 radical (unpaired) electrons. The zero-order chi connectivity index (χ0) is 20.3. The first-order valence-corrected chi connectivity index (χ1v) is 9.22. The Hall–Kier alpha value is -3.02. The number of rotatable bonds is 8. The lowest BCUT2D eigenvalue weighted by atomic mass is 10.3. The second-order valence-electron chi connectivity index (χ2n) is 5.69. The largest absolute Gasteiger partial charge is 0.480 e. The van der Waals surface area contributed by atoms with Crippen molar-refractivity contribution in [3.05, 3.63) is 58.2 Å². The third-order valence-corrected chi connectivity index (χ3v) is 4.73. The summed E-state index contributed by atoms with van der Waals surface area (Å²) < 4.78 is 35.6. The van der Waals surface area contributed by atoms with Crippen LogP contribution in [-0.4, -0.2) is 29.5 Å². The summed E-state index contributed by atoms with van der Waals surface area (Å²) in [5.74, 6) is -0.804. The number of benzene rings is 1. The molecular weight excluding hydrogens is 394 g/mol. The van der Waals surface area contributed by atoms with Gasteiger partial charge in [-0.25, -0.2) is 8.78 Å². The first kappa shape index (κ1) is 19.7. The van der Waals surface area contributed by atoms with Gasteiger partial charge in [-0.05, 0) is 26.0 Å². The normalized spacial score (nSPS) is 12.1. The molecule has 148 valence electrons. The Morgan fingerprint density at radius 3 is 2.79 bits per heavy atom. The van der Waals surface area contributed by atoms with Crippen molar-refractivity contribution in [1.82, 2.24) is 24.5 Å². The second kappa shape index (κ2) is 8.33. The summed E-state index contributed by atoms with van der Waals surface area (Å²) in [6.07, 6.45) is 1.86. The number of hydrogen-bond donors (Lipinski definition) is 0. The summed E-state index contributed by atoms with van der Waals surface area (Å²) in [4.78, 5) is 10.2. The highest BCUT2D eigenvalue weighted by molar-refractivity contribution is 7.98. The summed E-state index contributed by atoms with van der Waals surface area (Å²) in [5, 5.41) is 23.4. The average Bonchev–Trinajstić information content (AvgIpc) is 3.28. The summed E-state index contributed by atoms with van der Waals surface area (Å²) in [6, 6.07) is 3.07. The van der Waals surface area contributed by atoms with Crippen molar-refractivity contribution < 1.29 is 18.4 Å². The lowest BCUT2D eigenvalue weighted by molar-refractivity contribution is -0.385. The van der Waals surface area contributed by atoms with Crippen molar-refractivity contribution in [1.29, 1.82) is 0 Å². The Morgan fingerprint density at radius 2 is 2.14 bits per heavy atom. The topological polar surface area (TPSA) is 101 Å². The van der Waals surface area contributed by atoms with Crippen LogP contribution in [-0.2, 0) is 12.4 Å². The van der Waals surface area contributed by atoms with E-state index in [1.807, 2.05) is 6.92 Å². The van der Waals surface area contributed by atoms with Crippen molar-refractivity contribution in [2.45, 2.75) is 37.5 Å². The Bertz CT molecular complexity index is 993. The van der Waals surface area contributed by atoms with Crippen LogP contribution in [0.1, 0.15) is 25.8 Å². The Morgan fingerprint density at radius 1 is 1.36 bits per heavy atom. The van der Waals surface area contributed by atoms with Crippen molar-refractivity contribution >= 4 is 17.4 Å². The van der Waals surface area contributed by atoms with Gasteiger partial charge >= 0.3 is 5.69 Å². The monoisotopic (exact) mass is 410 g/mol. The van der Waals surface area contributed by atoms with E-state index in [0.717, 1.165) is 12.1 Å². The van der Waals surface area contributed by atoms with Gasteiger partial charge in [-0.2, -0.15) is 5.10 Å². The number of hydrogen-bond acceptors (Lipinski definition) is 7. The van der Waals surface area contributed by atoms with Crippen LogP contribution in [0.5, 0.6) is 5.75 Å². The summed E-state index contributed by atoms with van der Waals surface area (Å²) in [7, 11) is 0. The minimum Gasteiger partial charge on any atom is -0.480 e. The van der Waals surface area contributed by atoms with Gasteiger partial charge in [0.2, 0.25) is 0 Å². The predicted molar refractivity (Wildman–Crippen MR) is 95.8 cm³/mol. The van der Waals surface area contributed by atoms with Crippen LogP contribution in [0.2, 0.25) is 0 Å². The van der Waals surface area contributed by atoms with E-state index in [1.165, 1.54) is 34.9 Å². The summed E-state index contributed by atoms with van der Waals surface area (Å²) >= 11 is 1.29. The van der Waals surface area contributed by atoms with Crippen molar-refractivity contribution in [3.63, 3.8) is 0 Å². The Labute approximate surface area is 162 Å². The van der Waals surface area contributed by atoms with Crippen LogP contribution in [0.25, 0.3) is 0 Å². The Kier molecular flexibility index (Phi) is 5.87. The smallest absolute Gasteiger partial charge is 0.307 e. The molecule has 0 aliphatic carbocycles. The molecule has 28 heavy (non-hydrogen) atoms. The molecule has 0 spiro atoms. The molecule has 3 aromatic rings. The van der Waals surface area contributed by atoms with Crippen LogP contribution in [0.4, 0.5) is 14.5 Å². The molecule has 2 aromatic heterocycles. The zero-order valence-electron chi connectivity index (χ0n) is 15.0. The number of ether oxygens (including phenoxy) is 1. The number of halogens is 2. The summed E-state index contributed by atoms with van der Waals surface area (Å²) in [6.45, 7) is 4.11. The molecule has 1 atom stereocenters. The maximum absolute atomic E-state index is 13.8. The number of aromatic nitrogens is 5. The maximum atomic E-state index is 13.8. The molecule has 1 unspecified atom stereocenters. The number of nitrogens with zero attached hydrogens (tertiary/aromatic N) is 6. The zero-order valence-corrected chi connectivity index (χ0v) is 15.8. The first-order chi connectivity index (χ1) is 13.4. The molecule has 9 nitrogen and oxygen atoms in total. The van der Waals surface area contributed by atoms with Gasteiger partial charge in [-0.15, -0.1) is 10.2 Å². The molecule has 2 heterocycles. The highest BCUT2D eigenvalue weighted by Crippen LogP contribution is 2.27. The third-order valence-electron chi connectivity index (χ3n) is 3.78. The standard InChI is InChI=1S/C16H16F2N6O3S/c1-3-23-15(10(2)27-14-5-4-11(17)6-13(14)18)20-21-16(23)28-9-22-8-12(7-19-22)24(25)26/h4-8,10H,3,9H2,1-2H3. The van der Waals surface area contributed by atoms with Crippen LogP contribution in [0, 0.1) is 21.7 Å². The van der Waals surface area contributed by atoms with Gasteiger partial charge < -0.3 is 9.30 Å². The molecule has 12 heteroatoms. The van der Waals surface area contributed by atoms with Gasteiger partial charge in [0.25, 0.3) is 0 Å². The predicted octanol–water partition coefficient (Wildman–Crippen LogP) is 3.57. The molecular formula is C16H16F2N6O3S. The van der Waals surface area contributed by atoms with E-state index in [1.54, 1.807) is 11.5 Å². The maximum Gasteiger partial charge on any atom is 0.307 e. The van der Waals surface area contributed by atoms with E-state index in [0.29, 0.717) is 23.4 Å². The lowest BCUT2D eigenvalue weighted by Crippen LogP contribution is -2.12. The molecule has 1 aromatic carbocycles. The highest BCUT2D eigenvalue weighted by Gasteiger charge is 2.20. The minimum absolute atomic E-state index is 0.0855. The first-order valence-electron chi connectivity index (χ1n) is 8.23. The summed E-state index contributed by atoms with van der Waals surface area (Å²) in [5.41, 5.74) is -0.0957. The lowest BCUT2D eigenvalue weighted by Gasteiger charge is -2.16. The molecule has 0 fully saturated rings. The van der Waals surface area contributed by atoms with E-state index in [2.05, 4.69) is 15.3 Å². The van der Waals surface area contributed by atoms with E-state index in [9.17, 15) is 18.9 Å². The fourth-order valence-electron chi connectivity index (χ4n) is 2.46. The minimum atomic E-state index is -0.802. The molecule has 0 aliphatic rings. The van der Waals surface area contributed by atoms with E-state index >= 15 is 0 Å². The van der Waals surface area contributed by atoms with Crippen LogP contribution in [0.3, 0.4) is 0 Å². The van der Waals surface area contributed by atoms with Crippen LogP contribution < -0.4 is 4.74 Å². The van der Waals surface area contributed by atoms with E-state index in [-0.39, 0.29) is 11.4 Å². The van der Waals surface area contributed by atoms with Gasteiger partial charge in [-0.3, -0.25) is 14.8 Å². The van der Waals surface area contributed by atoms with Crippen molar-refractivity contribution in [3.8, 4) is 5.75 Å². The molecule has 0 bridgehead atoms. The fourth-order valence-corrected chi connectivity index (χ4v) is 3.33. The quantitative estimate of drug-likeness (QED) is 0.318. The molecule has 0 N–H and O–H groups in total. The van der Waals surface area contributed by atoms with Crippen LogP contribution >= 0.6 is 11.8 Å². The van der Waals surface area contributed by atoms with Gasteiger partial charge in [0.15, 0.2) is 28.7 Å². The molecule has 0 saturated heterocycles. The third kappa shape index (κ3) is 4.27. The Balaban J connectivity index is 1.72. The van der Waals surface area contributed by atoms with Crippen molar-refractivity contribution in [2.24, 2.45) is 0 Å². The molecule has 0 saturated carbocycles. The van der Waals surface area contributed by atoms with Gasteiger partial charge in [0.05, 0.1) is 10.8 Å². The highest BCUT2D eigenvalue weighted by atomic mass is 32.2. The number of thioether (sulfide) groups is 1.